The molecule has 1 unspecified atom stereocenters. The van der Waals surface area contributed by atoms with E-state index in [-0.39, 0.29) is 0 Å². The summed E-state index contributed by atoms with van der Waals surface area (Å²) in [6, 6.07) is 6.00. The van der Waals surface area contributed by atoms with Gasteiger partial charge in [0.25, 0.3) is 0 Å². The summed E-state index contributed by atoms with van der Waals surface area (Å²) in [5, 5.41) is 15.2. The second kappa shape index (κ2) is 5.73. The van der Waals surface area contributed by atoms with Crippen molar-refractivity contribution in [3.8, 4) is 11.1 Å². The molecule has 3 aromatic rings. The predicted octanol–water partition coefficient (Wildman–Crippen LogP) is 1.94. The van der Waals surface area contributed by atoms with Crippen LogP contribution in [0.5, 0.6) is 0 Å². The third kappa shape index (κ3) is 2.65. The highest BCUT2D eigenvalue weighted by molar-refractivity contribution is 5.91. The molecule has 0 aliphatic carbocycles. The first kappa shape index (κ1) is 14.5. The lowest BCUT2D eigenvalue weighted by Crippen LogP contribution is -2.15. The maximum atomic E-state index is 9.64. The Labute approximate surface area is 129 Å². The van der Waals surface area contributed by atoms with Crippen LogP contribution in [0, 0.1) is 0 Å². The van der Waals surface area contributed by atoms with Crippen LogP contribution in [0.3, 0.4) is 0 Å². The average Bonchev–Trinajstić information content (AvgIpc) is 2.86. The first-order valence-corrected chi connectivity index (χ1v) is 7.18. The summed E-state index contributed by atoms with van der Waals surface area (Å²) >= 11 is 0. The fourth-order valence-corrected chi connectivity index (χ4v) is 2.45. The van der Waals surface area contributed by atoms with Crippen LogP contribution in [-0.4, -0.2) is 45.1 Å². The van der Waals surface area contributed by atoms with Crippen LogP contribution >= 0.6 is 0 Å². The number of nitrogens with zero attached hydrogens (tertiary/aromatic N) is 5. The lowest BCUT2D eigenvalue weighted by molar-refractivity contribution is 0.170. The third-order valence-electron chi connectivity index (χ3n) is 3.44. The molecule has 0 aliphatic heterocycles. The fraction of sp³-hybridized carbons (Fsp3) is 0.312. The molecule has 6 nitrogen and oxygen atoms in total. The highest BCUT2D eigenvalue weighted by atomic mass is 16.3. The quantitative estimate of drug-likeness (QED) is 0.797. The third-order valence-corrected chi connectivity index (χ3v) is 3.44. The number of rotatable bonds is 4. The Kier molecular flexibility index (Phi) is 3.77. The van der Waals surface area contributed by atoms with Crippen LogP contribution in [0.2, 0.25) is 0 Å². The molecule has 3 heterocycles. The van der Waals surface area contributed by atoms with Gasteiger partial charge >= 0.3 is 0 Å². The minimum atomic E-state index is -0.472. The van der Waals surface area contributed by atoms with Gasteiger partial charge in [-0.05, 0) is 30.7 Å². The molecule has 0 fully saturated rings. The number of aromatic nitrogens is 4. The number of anilines is 1. The molecule has 0 aliphatic rings. The van der Waals surface area contributed by atoms with Crippen molar-refractivity contribution < 1.29 is 5.11 Å². The van der Waals surface area contributed by atoms with Gasteiger partial charge in [0, 0.05) is 38.2 Å². The number of aliphatic hydroxyl groups is 1. The molecule has 0 radical (unpaired) electrons. The first-order chi connectivity index (χ1) is 10.6. The Hall–Kier alpha value is -2.47. The van der Waals surface area contributed by atoms with E-state index < -0.39 is 6.10 Å². The van der Waals surface area contributed by atoms with Crippen molar-refractivity contribution in [2.45, 2.75) is 19.6 Å². The highest BCUT2D eigenvalue weighted by Gasteiger charge is 2.15. The zero-order valence-electron chi connectivity index (χ0n) is 12.9. The van der Waals surface area contributed by atoms with Gasteiger partial charge in [0.15, 0.2) is 11.5 Å². The van der Waals surface area contributed by atoms with Gasteiger partial charge in [-0.25, -0.2) is 9.67 Å². The molecule has 22 heavy (non-hydrogen) atoms. The van der Waals surface area contributed by atoms with E-state index in [9.17, 15) is 5.11 Å². The lowest BCUT2D eigenvalue weighted by Gasteiger charge is -2.08. The van der Waals surface area contributed by atoms with E-state index in [4.69, 9.17) is 0 Å². The molecule has 1 atom stereocenters. The molecule has 3 rings (SSSR count). The summed E-state index contributed by atoms with van der Waals surface area (Å²) in [4.78, 5) is 10.6. The monoisotopic (exact) mass is 297 g/mol. The molecule has 0 saturated carbocycles. The number of hydrogen-bond donors (Lipinski definition) is 1. The van der Waals surface area contributed by atoms with E-state index >= 15 is 0 Å². The van der Waals surface area contributed by atoms with Crippen molar-refractivity contribution in [3.05, 3.63) is 36.8 Å². The maximum absolute atomic E-state index is 9.64. The Morgan fingerprint density at radius 3 is 2.59 bits per heavy atom. The molecule has 0 saturated heterocycles. The fourth-order valence-electron chi connectivity index (χ4n) is 2.45. The van der Waals surface area contributed by atoms with E-state index in [1.165, 1.54) is 0 Å². The summed E-state index contributed by atoms with van der Waals surface area (Å²) < 4.78 is 1.76. The molecule has 114 valence electrons. The highest BCUT2D eigenvalue weighted by Crippen LogP contribution is 2.28. The summed E-state index contributed by atoms with van der Waals surface area (Å²) in [7, 11) is 3.90. The van der Waals surface area contributed by atoms with Crippen LogP contribution in [-0.2, 0) is 6.54 Å². The van der Waals surface area contributed by atoms with Gasteiger partial charge in [0.2, 0.25) is 0 Å². The summed E-state index contributed by atoms with van der Waals surface area (Å²) in [5.74, 6) is 0.846. The zero-order chi connectivity index (χ0) is 15.7. The van der Waals surface area contributed by atoms with E-state index in [1.807, 2.05) is 37.3 Å². The van der Waals surface area contributed by atoms with Gasteiger partial charge in [-0.3, -0.25) is 4.98 Å². The van der Waals surface area contributed by atoms with Crippen molar-refractivity contribution in [3.63, 3.8) is 0 Å². The van der Waals surface area contributed by atoms with E-state index in [2.05, 4.69) is 21.1 Å². The zero-order valence-corrected chi connectivity index (χ0v) is 12.9. The number of pyridine rings is 2. The molecule has 6 heteroatoms. The van der Waals surface area contributed by atoms with Gasteiger partial charge < -0.3 is 10.0 Å². The van der Waals surface area contributed by atoms with Gasteiger partial charge in [-0.15, -0.1) is 0 Å². The van der Waals surface area contributed by atoms with Crippen LogP contribution in [0.1, 0.15) is 6.92 Å². The number of fused-ring (bicyclic) bond motifs is 1. The number of aliphatic hydroxyl groups excluding tert-OH is 1. The number of hydrogen-bond acceptors (Lipinski definition) is 5. The lowest BCUT2D eigenvalue weighted by atomic mass is 10.1. The van der Waals surface area contributed by atoms with Crippen LogP contribution in [0.15, 0.2) is 36.8 Å². The smallest absolute Gasteiger partial charge is 0.160 e. The second-order valence-corrected chi connectivity index (χ2v) is 5.58. The standard InChI is InChI=1S/C16H19N5O/c1-11(22)10-21-15-14(16(19-21)20(2)3)8-13(9-18-15)12-4-6-17-7-5-12/h4-9,11,22H,10H2,1-3H3. The Balaban J connectivity index is 2.16. The van der Waals surface area contributed by atoms with Crippen molar-refractivity contribution in [2.75, 3.05) is 19.0 Å². The van der Waals surface area contributed by atoms with Crippen molar-refractivity contribution >= 4 is 16.9 Å². The minimum Gasteiger partial charge on any atom is -0.391 e. The second-order valence-electron chi connectivity index (χ2n) is 5.58. The summed E-state index contributed by atoms with van der Waals surface area (Å²) in [6.45, 7) is 2.17. The molecule has 3 aromatic heterocycles. The SMILES string of the molecule is CC(O)Cn1nc(N(C)C)c2cc(-c3ccncc3)cnc21. The van der Waals surface area contributed by atoms with E-state index in [0.29, 0.717) is 6.54 Å². The summed E-state index contributed by atoms with van der Waals surface area (Å²) in [5.41, 5.74) is 2.87. The van der Waals surface area contributed by atoms with Crippen LogP contribution < -0.4 is 4.90 Å². The summed E-state index contributed by atoms with van der Waals surface area (Å²) in [6.07, 6.45) is 4.89. The van der Waals surface area contributed by atoms with Gasteiger partial charge in [-0.1, -0.05) is 0 Å². The molecular formula is C16H19N5O. The van der Waals surface area contributed by atoms with Crippen LogP contribution in [0.25, 0.3) is 22.2 Å². The largest absolute Gasteiger partial charge is 0.391 e. The van der Waals surface area contributed by atoms with E-state index in [0.717, 1.165) is 28.0 Å². The topological polar surface area (TPSA) is 67.1 Å². The molecule has 0 amide bonds. The molecule has 0 aromatic carbocycles. The van der Waals surface area contributed by atoms with Gasteiger partial charge in [-0.2, -0.15) is 5.10 Å². The van der Waals surface area contributed by atoms with Crippen molar-refractivity contribution in [1.82, 2.24) is 19.7 Å². The minimum absolute atomic E-state index is 0.423. The van der Waals surface area contributed by atoms with E-state index in [1.54, 1.807) is 24.0 Å². The Morgan fingerprint density at radius 2 is 1.95 bits per heavy atom. The first-order valence-electron chi connectivity index (χ1n) is 7.18. The molecule has 1 N–H and O–H groups in total. The average molecular weight is 297 g/mol. The Bertz CT molecular complexity index is 780. The van der Waals surface area contributed by atoms with Crippen molar-refractivity contribution in [2.24, 2.45) is 0 Å². The van der Waals surface area contributed by atoms with Gasteiger partial charge in [0.1, 0.15) is 0 Å². The predicted molar refractivity (Wildman–Crippen MR) is 86.8 cm³/mol. The van der Waals surface area contributed by atoms with Crippen LogP contribution in [0.4, 0.5) is 5.82 Å². The van der Waals surface area contributed by atoms with Gasteiger partial charge in [0.05, 0.1) is 18.0 Å². The van der Waals surface area contributed by atoms with Crippen molar-refractivity contribution in [1.29, 1.82) is 0 Å². The normalized spacial score (nSPS) is 12.5. The Morgan fingerprint density at radius 1 is 1.23 bits per heavy atom. The molecular weight excluding hydrogens is 278 g/mol. The molecule has 0 spiro atoms. The maximum Gasteiger partial charge on any atom is 0.160 e. The molecule has 0 bridgehead atoms.